The van der Waals surface area contributed by atoms with Crippen molar-refractivity contribution in [1.82, 2.24) is 20.2 Å². The Hall–Kier alpha value is -1.49. The standard InChI is InChI=1S/C20H28N4O/c25-20(18-15-5-1-2-6-16(15)18)24-9-3-4-13(12-24)19-22-11-14-10-21-8-7-17(14)23-19/h11,13,15-16,18,21H,1-10,12H2. The third-order valence-electron chi connectivity index (χ3n) is 6.87. The van der Waals surface area contributed by atoms with Crippen molar-refractivity contribution in [2.75, 3.05) is 19.6 Å². The SMILES string of the molecule is O=C(C1C2CCCCC21)N1CCCC(c2ncc3c(n2)CCNC3)C1. The summed E-state index contributed by atoms with van der Waals surface area (Å²) in [6, 6.07) is 0. The summed E-state index contributed by atoms with van der Waals surface area (Å²) in [6.45, 7) is 3.64. The molecule has 1 saturated heterocycles. The molecule has 5 rings (SSSR count). The highest BCUT2D eigenvalue weighted by atomic mass is 16.2. The van der Waals surface area contributed by atoms with Gasteiger partial charge in [-0.1, -0.05) is 12.8 Å². The summed E-state index contributed by atoms with van der Waals surface area (Å²) < 4.78 is 0. The van der Waals surface area contributed by atoms with Crippen LogP contribution in [0.2, 0.25) is 0 Å². The highest BCUT2D eigenvalue weighted by Gasteiger charge is 2.56. The maximum absolute atomic E-state index is 13.0. The largest absolute Gasteiger partial charge is 0.342 e. The number of hydrogen-bond donors (Lipinski definition) is 1. The molecule has 5 nitrogen and oxygen atoms in total. The van der Waals surface area contributed by atoms with Crippen molar-refractivity contribution in [3.05, 3.63) is 23.3 Å². The molecule has 1 aromatic rings. The molecule has 25 heavy (non-hydrogen) atoms. The second-order valence-corrected chi connectivity index (χ2v) is 8.39. The van der Waals surface area contributed by atoms with Gasteiger partial charge in [-0.25, -0.2) is 9.97 Å². The van der Waals surface area contributed by atoms with Gasteiger partial charge in [0.05, 0.1) is 0 Å². The summed E-state index contributed by atoms with van der Waals surface area (Å²) in [7, 11) is 0. The van der Waals surface area contributed by atoms with Gasteiger partial charge in [-0.15, -0.1) is 0 Å². The molecule has 1 amide bonds. The lowest BCUT2D eigenvalue weighted by Gasteiger charge is -2.32. The van der Waals surface area contributed by atoms with Gasteiger partial charge >= 0.3 is 0 Å². The zero-order valence-electron chi connectivity index (χ0n) is 14.9. The Labute approximate surface area is 149 Å². The van der Waals surface area contributed by atoms with Gasteiger partial charge < -0.3 is 10.2 Å². The molecule has 1 N–H and O–H groups in total. The summed E-state index contributed by atoms with van der Waals surface area (Å²) in [5.74, 6) is 3.47. The third kappa shape index (κ3) is 2.86. The number of piperidine rings is 1. The second-order valence-electron chi connectivity index (χ2n) is 8.39. The Bertz CT molecular complexity index is 664. The van der Waals surface area contributed by atoms with Crippen molar-refractivity contribution < 1.29 is 4.79 Å². The van der Waals surface area contributed by atoms with E-state index in [0.29, 0.717) is 29.6 Å². The molecular formula is C20H28N4O. The van der Waals surface area contributed by atoms with Crippen LogP contribution in [0.25, 0.3) is 0 Å². The van der Waals surface area contributed by atoms with Crippen molar-refractivity contribution in [2.24, 2.45) is 17.8 Å². The Balaban J connectivity index is 1.29. The lowest BCUT2D eigenvalue weighted by Crippen LogP contribution is -2.41. The summed E-state index contributed by atoms with van der Waals surface area (Å²) in [6.07, 6.45) is 10.4. The number of likely N-dealkylation sites (tertiary alicyclic amines) is 1. The number of rotatable bonds is 2. The van der Waals surface area contributed by atoms with Gasteiger partial charge in [0.15, 0.2) is 0 Å². The number of carbonyl (C=O) groups is 1. The van der Waals surface area contributed by atoms with Crippen LogP contribution < -0.4 is 5.32 Å². The average molecular weight is 340 g/mol. The van der Waals surface area contributed by atoms with Crippen LogP contribution in [0.5, 0.6) is 0 Å². The van der Waals surface area contributed by atoms with Gasteiger partial charge in [-0.3, -0.25) is 4.79 Å². The van der Waals surface area contributed by atoms with E-state index < -0.39 is 0 Å². The maximum Gasteiger partial charge on any atom is 0.226 e. The number of hydrogen-bond acceptors (Lipinski definition) is 4. The number of nitrogens with one attached hydrogen (secondary N) is 1. The topological polar surface area (TPSA) is 58.1 Å². The first-order valence-corrected chi connectivity index (χ1v) is 10.2. The number of amides is 1. The van der Waals surface area contributed by atoms with Crippen LogP contribution in [-0.2, 0) is 17.8 Å². The molecule has 2 aliphatic carbocycles. The lowest BCUT2D eigenvalue weighted by atomic mass is 9.96. The van der Waals surface area contributed by atoms with Crippen molar-refractivity contribution in [1.29, 1.82) is 0 Å². The van der Waals surface area contributed by atoms with E-state index in [9.17, 15) is 4.79 Å². The summed E-state index contributed by atoms with van der Waals surface area (Å²) in [5.41, 5.74) is 2.45. The molecule has 4 aliphatic rings. The molecule has 3 heterocycles. The Morgan fingerprint density at radius 2 is 2.00 bits per heavy atom. The van der Waals surface area contributed by atoms with Crippen LogP contribution in [0.3, 0.4) is 0 Å². The summed E-state index contributed by atoms with van der Waals surface area (Å²) >= 11 is 0. The molecule has 2 aliphatic heterocycles. The predicted molar refractivity (Wildman–Crippen MR) is 94.9 cm³/mol. The zero-order valence-corrected chi connectivity index (χ0v) is 14.9. The Morgan fingerprint density at radius 3 is 2.84 bits per heavy atom. The first-order chi connectivity index (χ1) is 12.3. The van der Waals surface area contributed by atoms with E-state index in [0.717, 1.165) is 51.3 Å². The molecule has 0 spiro atoms. The Morgan fingerprint density at radius 1 is 1.16 bits per heavy atom. The fourth-order valence-electron chi connectivity index (χ4n) is 5.41. The van der Waals surface area contributed by atoms with Crippen LogP contribution >= 0.6 is 0 Å². The van der Waals surface area contributed by atoms with Crippen molar-refractivity contribution in [3.8, 4) is 0 Å². The van der Waals surface area contributed by atoms with E-state index in [4.69, 9.17) is 4.98 Å². The minimum atomic E-state index is 0.318. The van der Waals surface area contributed by atoms with E-state index in [-0.39, 0.29) is 0 Å². The molecular weight excluding hydrogens is 312 g/mol. The van der Waals surface area contributed by atoms with Crippen LogP contribution in [0.1, 0.15) is 61.5 Å². The molecule has 0 bridgehead atoms. The highest BCUT2D eigenvalue weighted by Crippen LogP contribution is 2.56. The quantitative estimate of drug-likeness (QED) is 0.897. The fraction of sp³-hybridized carbons (Fsp3) is 0.750. The van der Waals surface area contributed by atoms with Crippen LogP contribution in [0.15, 0.2) is 6.20 Å². The molecule has 2 saturated carbocycles. The van der Waals surface area contributed by atoms with Crippen LogP contribution in [0.4, 0.5) is 0 Å². The fourth-order valence-corrected chi connectivity index (χ4v) is 5.41. The van der Waals surface area contributed by atoms with E-state index in [1.165, 1.54) is 36.9 Å². The molecule has 134 valence electrons. The minimum absolute atomic E-state index is 0.318. The smallest absolute Gasteiger partial charge is 0.226 e. The van der Waals surface area contributed by atoms with Crippen molar-refractivity contribution in [2.45, 2.75) is 57.4 Å². The van der Waals surface area contributed by atoms with Gasteiger partial charge in [0, 0.05) is 61.9 Å². The monoisotopic (exact) mass is 340 g/mol. The molecule has 5 heteroatoms. The average Bonchev–Trinajstić information content (AvgIpc) is 3.41. The Kier molecular flexibility index (Phi) is 4.00. The van der Waals surface area contributed by atoms with Gasteiger partial charge in [0.25, 0.3) is 0 Å². The van der Waals surface area contributed by atoms with Gasteiger partial charge in [0.1, 0.15) is 5.82 Å². The molecule has 1 aromatic heterocycles. The zero-order chi connectivity index (χ0) is 16.8. The van der Waals surface area contributed by atoms with Gasteiger partial charge in [0.2, 0.25) is 5.91 Å². The predicted octanol–water partition coefficient (Wildman–Crippen LogP) is 2.26. The highest BCUT2D eigenvalue weighted by molar-refractivity contribution is 5.82. The summed E-state index contributed by atoms with van der Waals surface area (Å²) in [5, 5.41) is 3.37. The van der Waals surface area contributed by atoms with Gasteiger partial charge in [-0.05, 0) is 37.5 Å². The molecule has 3 atom stereocenters. The maximum atomic E-state index is 13.0. The number of aromatic nitrogens is 2. The molecule has 3 unspecified atom stereocenters. The first kappa shape index (κ1) is 15.7. The second kappa shape index (κ2) is 6.35. The van der Waals surface area contributed by atoms with Crippen LogP contribution in [0, 0.1) is 17.8 Å². The van der Waals surface area contributed by atoms with Crippen molar-refractivity contribution >= 4 is 5.91 Å². The van der Waals surface area contributed by atoms with Crippen LogP contribution in [-0.4, -0.2) is 40.4 Å². The molecule has 0 radical (unpaired) electrons. The van der Waals surface area contributed by atoms with E-state index in [1.807, 2.05) is 6.20 Å². The lowest BCUT2D eigenvalue weighted by molar-refractivity contribution is -0.134. The van der Waals surface area contributed by atoms with E-state index in [1.54, 1.807) is 0 Å². The first-order valence-electron chi connectivity index (χ1n) is 10.2. The molecule has 3 fully saturated rings. The summed E-state index contributed by atoms with van der Waals surface area (Å²) in [4.78, 5) is 24.7. The number of fused-ring (bicyclic) bond motifs is 2. The van der Waals surface area contributed by atoms with E-state index in [2.05, 4.69) is 15.2 Å². The van der Waals surface area contributed by atoms with Crippen molar-refractivity contribution in [3.63, 3.8) is 0 Å². The molecule has 0 aromatic carbocycles. The third-order valence-corrected chi connectivity index (χ3v) is 6.87. The number of nitrogens with zero attached hydrogens (tertiary/aromatic N) is 3. The number of carbonyl (C=O) groups excluding carboxylic acids is 1. The van der Waals surface area contributed by atoms with E-state index >= 15 is 0 Å². The normalized spacial score (nSPS) is 34.2. The van der Waals surface area contributed by atoms with Gasteiger partial charge in [-0.2, -0.15) is 0 Å². The minimum Gasteiger partial charge on any atom is -0.342 e.